The second-order valence-electron chi connectivity index (χ2n) is 4.20. The molecule has 0 N–H and O–H groups in total. The van der Waals surface area contributed by atoms with Gasteiger partial charge in [-0.2, -0.15) is 0 Å². The Hall–Kier alpha value is -0.150. The van der Waals surface area contributed by atoms with Crippen LogP contribution in [-0.2, 0) is 4.29 Å². The first-order chi connectivity index (χ1) is 6.22. The highest BCUT2D eigenvalue weighted by Gasteiger charge is 2.42. The van der Waals surface area contributed by atoms with Gasteiger partial charge in [0.05, 0.1) is 0 Å². The zero-order chi connectivity index (χ0) is 9.42. The summed E-state index contributed by atoms with van der Waals surface area (Å²) >= 11 is 5.04. The Balaban J connectivity index is 0.000000980. The molecule has 14 heavy (non-hydrogen) atoms. The van der Waals surface area contributed by atoms with Gasteiger partial charge in [0.1, 0.15) is 11.9 Å². The Morgan fingerprint density at radius 2 is 2.14 bits per heavy atom. The predicted molar refractivity (Wildman–Crippen MR) is 56.6 cm³/mol. The molecule has 0 aliphatic heterocycles. The third-order valence-corrected chi connectivity index (χ3v) is 3.68. The van der Waals surface area contributed by atoms with E-state index in [0.29, 0.717) is 12.0 Å². The van der Waals surface area contributed by atoms with Crippen molar-refractivity contribution in [1.29, 1.82) is 0 Å². The second kappa shape index (κ2) is 4.58. The molecule has 1 amide bonds. The zero-order valence-electron chi connectivity index (χ0n) is 8.11. The minimum Gasteiger partial charge on any atom is -0.330 e. The van der Waals surface area contributed by atoms with Crippen LogP contribution in [0.25, 0.3) is 0 Å². The molecule has 2 saturated carbocycles. The summed E-state index contributed by atoms with van der Waals surface area (Å²) < 4.78 is 4.19. The van der Waals surface area contributed by atoms with Crippen molar-refractivity contribution in [2.45, 2.75) is 31.7 Å². The fraction of sp³-hybridized carbons (Fsp3) is 0.889. The van der Waals surface area contributed by atoms with Crippen LogP contribution in [0, 0.1) is 11.8 Å². The van der Waals surface area contributed by atoms with E-state index in [0.717, 1.165) is 12.3 Å². The average molecular weight is 240 g/mol. The van der Waals surface area contributed by atoms with Crippen LogP contribution in [0.1, 0.15) is 25.7 Å². The number of carbonyl (C=O) groups excluding carboxylic acids is 1. The highest BCUT2D eigenvalue weighted by atomic mass is 35.5. The SMILES string of the molecule is CN(C(=O)OCl)C1CC2CCC1C2.Cl. The Labute approximate surface area is 95.3 Å². The van der Waals surface area contributed by atoms with E-state index in [1.54, 1.807) is 11.9 Å². The second-order valence-corrected chi connectivity index (χ2v) is 4.35. The molecule has 2 aliphatic rings. The molecule has 0 aromatic rings. The fourth-order valence-electron chi connectivity index (χ4n) is 2.88. The number of carbonyl (C=O) groups is 1. The first-order valence-electron chi connectivity index (χ1n) is 4.77. The van der Waals surface area contributed by atoms with E-state index in [-0.39, 0.29) is 12.4 Å². The molecule has 2 bridgehead atoms. The normalized spacial score (nSPS) is 33.7. The maximum Gasteiger partial charge on any atom is 0.428 e. The van der Waals surface area contributed by atoms with Crippen LogP contribution >= 0.6 is 24.3 Å². The van der Waals surface area contributed by atoms with Gasteiger partial charge >= 0.3 is 6.09 Å². The molecule has 3 atom stereocenters. The summed E-state index contributed by atoms with van der Waals surface area (Å²) in [6.07, 6.45) is 4.59. The zero-order valence-corrected chi connectivity index (χ0v) is 9.68. The van der Waals surface area contributed by atoms with Crippen molar-refractivity contribution >= 4 is 30.4 Å². The van der Waals surface area contributed by atoms with E-state index in [1.165, 1.54) is 19.3 Å². The van der Waals surface area contributed by atoms with Gasteiger partial charge in [-0.25, -0.2) is 4.79 Å². The van der Waals surface area contributed by atoms with E-state index in [4.69, 9.17) is 11.9 Å². The van der Waals surface area contributed by atoms with Gasteiger partial charge in [-0.1, -0.05) is 6.42 Å². The maximum absolute atomic E-state index is 11.1. The van der Waals surface area contributed by atoms with Crippen molar-refractivity contribution in [3.8, 4) is 0 Å². The molecule has 0 saturated heterocycles. The quantitative estimate of drug-likeness (QED) is 0.705. The summed E-state index contributed by atoms with van der Waals surface area (Å²) in [7, 11) is 1.77. The lowest BCUT2D eigenvalue weighted by Gasteiger charge is -2.29. The molecular weight excluding hydrogens is 225 g/mol. The number of rotatable bonds is 1. The summed E-state index contributed by atoms with van der Waals surface area (Å²) in [5.41, 5.74) is 0. The number of halogens is 2. The highest BCUT2D eigenvalue weighted by Crippen LogP contribution is 2.46. The summed E-state index contributed by atoms with van der Waals surface area (Å²) in [4.78, 5) is 12.8. The fourth-order valence-corrected chi connectivity index (χ4v) is 2.98. The van der Waals surface area contributed by atoms with Gasteiger partial charge < -0.3 is 9.19 Å². The van der Waals surface area contributed by atoms with Crippen LogP contribution in [0.15, 0.2) is 0 Å². The first kappa shape index (κ1) is 11.9. The van der Waals surface area contributed by atoms with Gasteiger partial charge in [0.2, 0.25) is 0 Å². The van der Waals surface area contributed by atoms with Crippen LogP contribution in [0.3, 0.4) is 0 Å². The molecule has 82 valence electrons. The van der Waals surface area contributed by atoms with Gasteiger partial charge in [0, 0.05) is 13.1 Å². The largest absolute Gasteiger partial charge is 0.428 e. The average Bonchev–Trinajstić information content (AvgIpc) is 2.76. The summed E-state index contributed by atoms with van der Waals surface area (Å²) in [5.74, 6) is 1.52. The van der Waals surface area contributed by atoms with E-state index in [2.05, 4.69) is 4.29 Å². The Bertz CT molecular complexity index is 225. The van der Waals surface area contributed by atoms with E-state index in [9.17, 15) is 4.79 Å². The molecule has 3 unspecified atom stereocenters. The van der Waals surface area contributed by atoms with Gasteiger partial charge in [0.25, 0.3) is 0 Å². The van der Waals surface area contributed by atoms with E-state index in [1.807, 2.05) is 0 Å². The van der Waals surface area contributed by atoms with Crippen molar-refractivity contribution in [3.05, 3.63) is 0 Å². The molecule has 5 heteroatoms. The minimum atomic E-state index is -0.417. The molecule has 3 nitrogen and oxygen atoms in total. The Morgan fingerprint density at radius 3 is 2.57 bits per heavy atom. The van der Waals surface area contributed by atoms with Crippen molar-refractivity contribution in [2.75, 3.05) is 7.05 Å². The van der Waals surface area contributed by atoms with Crippen LogP contribution in [0.5, 0.6) is 0 Å². The van der Waals surface area contributed by atoms with Gasteiger partial charge in [-0.05, 0) is 31.1 Å². The molecule has 0 aromatic carbocycles. The first-order valence-corrected chi connectivity index (χ1v) is 5.08. The van der Waals surface area contributed by atoms with Crippen LogP contribution in [0.4, 0.5) is 4.79 Å². The molecule has 2 rings (SSSR count). The lowest BCUT2D eigenvalue weighted by Crippen LogP contribution is -2.39. The predicted octanol–water partition coefficient (Wildman–Crippen LogP) is 2.82. The smallest absolute Gasteiger partial charge is 0.330 e. The van der Waals surface area contributed by atoms with Crippen molar-refractivity contribution in [2.24, 2.45) is 11.8 Å². The monoisotopic (exact) mass is 239 g/mol. The van der Waals surface area contributed by atoms with Crippen LogP contribution in [0.2, 0.25) is 0 Å². The molecule has 2 fully saturated rings. The molecule has 0 spiro atoms. The van der Waals surface area contributed by atoms with Crippen molar-refractivity contribution < 1.29 is 9.08 Å². The van der Waals surface area contributed by atoms with Crippen LogP contribution < -0.4 is 0 Å². The molecular formula is C9H15Cl2NO2. The minimum absolute atomic E-state index is 0. The third kappa shape index (κ3) is 1.94. The number of nitrogens with zero attached hydrogens (tertiary/aromatic N) is 1. The lowest BCUT2D eigenvalue weighted by atomic mass is 9.95. The molecule has 0 aromatic heterocycles. The number of hydrogen-bond donors (Lipinski definition) is 0. The lowest BCUT2D eigenvalue weighted by molar-refractivity contribution is 0.131. The number of fused-ring (bicyclic) bond motifs is 2. The van der Waals surface area contributed by atoms with Crippen molar-refractivity contribution in [3.63, 3.8) is 0 Å². The third-order valence-electron chi connectivity index (χ3n) is 3.55. The standard InChI is InChI=1S/C9H14ClNO2.ClH/c1-11(9(12)13-10)8-5-6-2-3-7(8)4-6;/h6-8H,2-5H2,1H3;1H. The topological polar surface area (TPSA) is 29.5 Å². The Kier molecular flexibility index (Phi) is 3.90. The van der Waals surface area contributed by atoms with E-state index >= 15 is 0 Å². The van der Waals surface area contributed by atoms with Crippen LogP contribution in [-0.4, -0.2) is 24.1 Å². The van der Waals surface area contributed by atoms with Gasteiger partial charge in [0.15, 0.2) is 0 Å². The number of amides is 1. The summed E-state index contributed by atoms with van der Waals surface area (Å²) in [6.45, 7) is 0. The van der Waals surface area contributed by atoms with Crippen molar-refractivity contribution in [1.82, 2.24) is 4.90 Å². The van der Waals surface area contributed by atoms with E-state index < -0.39 is 6.09 Å². The van der Waals surface area contributed by atoms with Gasteiger partial charge in [-0.3, -0.25) is 0 Å². The summed E-state index contributed by atoms with van der Waals surface area (Å²) in [5, 5.41) is 0. The highest BCUT2D eigenvalue weighted by molar-refractivity contribution is 6.12. The Morgan fingerprint density at radius 1 is 1.43 bits per heavy atom. The molecule has 2 aliphatic carbocycles. The molecule has 0 radical (unpaired) electrons. The maximum atomic E-state index is 11.1. The number of hydrogen-bond acceptors (Lipinski definition) is 2. The van der Waals surface area contributed by atoms with Gasteiger partial charge in [-0.15, -0.1) is 12.4 Å². The molecule has 0 heterocycles. The summed E-state index contributed by atoms with van der Waals surface area (Å²) in [6, 6.07) is 0.366.